The monoisotopic (exact) mass is 457 g/mol. The van der Waals surface area contributed by atoms with Gasteiger partial charge in [0, 0.05) is 18.3 Å². The van der Waals surface area contributed by atoms with E-state index in [-0.39, 0.29) is 22.9 Å². The fourth-order valence-corrected chi connectivity index (χ4v) is 3.76. The molecule has 3 aromatic rings. The van der Waals surface area contributed by atoms with Crippen molar-refractivity contribution in [3.8, 4) is 0 Å². The summed E-state index contributed by atoms with van der Waals surface area (Å²) >= 11 is 0. The van der Waals surface area contributed by atoms with Gasteiger partial charge in [0.25, 0.3) is 11.8 Å². The smallest absolute Gasteiger partial charge is 0.282 e. The van der Waals surface area contributed by atoms with E-state index in [1.807, 2.05) is 24.3 Å². The Morgan fingerprint density at radius 3 is 1.97 bits per heavy atom. The molecule has 0 saturated carbocycles. The summed E-state index contributed by atoms with van der Waals surface area (Å²) in [4.78, 5) is 39.2. The van der Waals surface area contributed by atoms with Gasteiger partial charge < -0.3 is 10.6 Å². The summed E-state index contributed by atoms with van der Waals surface area (Å²) in [5, 5.41) is 5.80. The molecule has 1 aliphatic heterocycles. The van der Waals surface area contributed by atoms with Crippen molar-refractivity contribution < 1.29 is 18.8 Å². The van der Waals surface area contributed by atoms with E-state index < -0.39 is 17.6 Å². The lowest BCUT2D eigenvalue weighted by molar-refractivity contribution is -0.120. The molecule has 1 aliphatic rings. The van der Waals surface area contributed by atoms with Gasteiger partial charge in [0.05, 0.1) is 11.3 Å². The Balaban J connectivity index is 1.75. The molecule has 172 valence electrons. The van der Waals surface area contributed by atoms with Gasteiger partial charge in [-0.3, -0.25) is 14.4 Å². The maximum atomic E-state index is 13.5. The molecule has 0 aromatic heterocycles. The minimum atomic E-state index is -0.537. The van der Waals surface area contributed by atoms with Gasteiger partial charge in [0.15, 0.2) is 0 Å². The van der Waals surface area contributed by atoms with Gasteiger partial charge in [0.1, 0.15) is 11.5 Å². The minimum absolute atomic E-state index is 0.124. The number of nitrogens with one attached hydrogen (secondary N) is 2. The van der Waals surface area contributed by atoms with Crippen LogP contribution in [0.5, 0.6) is 0 Å². The van der Waals surface area contributed by atoms with Gasteiger partial charge in [-0.1, -0.05) is 38.1 Å². The topological polar surface area (TPSA) is 78.5 Å². The molecule has 0 unspecified atom stereocenters. The highest BCUT2D eigenvalue weighted by Crippen LogP contribution is 2.34. The predicted molar refractivity (Wildman–Crippen MR) is 131 cm³/mol. The molecule has 4 rings (SSSR count). The maximum Gasteiger partial charge on any atom is 0.282 e. The van der Waals surface area contributed by atoms with Gasteiger partial charge in [-0.2, -0.15) is 0 Å². The third-order valence-electron chi connectivity index (χ3n) is 5.51. The third kappa shape index (κ3) is 4.59. The van der Waals surface area contributed by atoms with Crippen LogP contribution in [0.2, 0.25) is 0 Å². The van der Waals surface area contributed by atoms with Crippen LogP contribution in [-0.2, 0) is 14.4 Å². The van der Waals surface area contributed by atoms with Crippen molar-refractivity contribution in [2.24, 2.45) is 0 Å². The van der Waals surface area contributed by atoms with E-state index in [1.165, 1.54) is 31.2 Å². The Labute approximate surface area is 197 Å². The van der Waals surface area contributed by atoms with E-state index in [2.05, 4.69) is 24.5 Å². The van der Waals surface area contributed by atoms with Gasteiger partial charge in [0.2, 0.25) is 5.91 Å². The summed E-state index contributed by atoms with van der Waals surface area (Å²) in [6.07, 6.45) is 0. The summed E-state index contributed by atoms with van der Waals surface area (Å²) < 4.78 is 13.5. The number of rotatable bonds is 6. The number of anilines is 3. The normalized spacial score (nSPS) is 13.6. The highest BCUT2D eigenvalue weighted by atomic mass is 19.1. The lowest BCUT2D eigenvalue weighted by Gasteiger charge is -2.15. The van der Waals surface area contributed by atoms with E-state index in [1.54, 1.807) is 24.3 Å². The molecule has 0 saturated heterocycles. The van der Waals surface area contributed by atoms with Crippen LogP contribution in [-0.4, -0.2) is 17.7 Å². The van der Waals surface area contributed by atoms with Crippen molar-refractivity contribution in [3.05, 3.63) is 95.4 Å². The average molecular weight is 458 g/mol. The Kier molecular flexibility index (Phi) is 6.27. The quantitative estimate of drug-likeness (QED) is 0.492. The van der Waals surface area contributed by atoms with E-state index in [0.29, 0.717) is 22.9 Å². The molecule has 34 heavy (non-hydrogen) atoms. The van der Waals surface area contributed by atoms with Crippen molar-refractivity contribution in [2.75, 3.05) is 15.5 Å². The molecule has 6 nitrogen and oxygen atoms in total. The molecular formula is C27H24FN3O3. The van der Waals surface area contributed by atoms with Gasteiger partial charge in [-0.25, -0.2) is 9.29 Å². The molecule has 0 bridgehead atoms. The van der Waals surface area contributed by atoms with Crippen LogP contribution in [0.3, 0.4) is 0 Å². The number of amides is 3. The second-order valence-electron chi connectivity index (χ2n) is 8.33. The van der Waals surface area contributed by atoms with E-state index in [4.69, 9.17) is 0 Å². The second kappa shape index (κ2) is 9.31. The Bertz CT molecular complexity index is 1280. The van der Waals surface area contributed by atoms with E-state index in [9.17, 15) is 18.8 Å². The summed E-state index contributed by atoms with van der Waals surface area (Å²) in [6, 6.07) is 19.5. The largest absolute Gasteiger partial charge is 0.350 e. The Morgan fingerprint density at radius 2 is 1.41 bits per heavy atom. The standard InChI is InChI=1S/C27H24FN3O3/c1-16(2)18-4-10-22(11-5-18)30-25-24(19-6-12-21(13-7-19)29-17(3)32)26(33)31(27(25)34)23-14-8-20(28)9-15-23/h4-16,30H,1-3H3,(H,29,32). The molecule has 0 spiro atoms. The summed E-state index contributed by atoms with van der Waals surface area (Å²) in [5.74, 6) is -1.38. The first-order valence-electron chi connectivity index (χ1n) is 10.9. The number of carbonyl (C=O) groups excluding carboxylic acids is 3. The van der Waals surface area contributed by atoms with Crippen molar-refractivity contribution >= 4 is 40.4 Å². The molecule has 3 aromatic carbocycles. The Hall–Kier alpha value is -4.26. The van der Waals surface area contributed by atoms with Crippen LogP contribution in [0.15, 0.2) is 78.5 Å². The second-order valence-corrected chi connectivity index (χ2v) is 8.33. The van der Waals surface area contributed by atoms with Crippen LogP contribution in [0.25, 0.3) is 5.57 Å². The van der Waals surface area contributed by atoms with Gasteiger partial charge >= 0.3 is 0 Å². The van der Waals surface area contributed by atoms with Gasteiger partial charge in [-0.05, 0) is 65.6 Å². The fourth-order valence-electron chi connectivity index (χ4n) is 3.76. The first-order chi connectivity index (χ1) is 16.2. The van der Waals surface area contributed by atoms with Crippen LogP contribution in [0.1, 0.15) is 37.8 Å². The lowest BCUT2D eigenvalue weighted by atomic mass is 10.0. The van der Waals surface area contributed by atoms with Crippen LogP contribution in [0, 0.1) is 5.82 Å². The number of benzene rings is 3. The van der Waals surface area contributed by atoms with Crippen molar-refractivity contribution in [2.45, 2.75) is 26.7 Å². The van der Waals surface area contributed by atoms with E-state index in [0.717, 1.165) is 10.5 Å². The number of nitrogens with zero attached hydrogens (tertiary/aromatic N) is 1. The third-order valence-corrected chi connectivity index (χ3v) is 5.51. The molecular weight excluding hydrogens is 433 g/mol. The summed E-state index contributed by atoms with van der Waals surface area (Å²) in [6.45, 7) is 5.59. The molecule has 0 aliphatic carbocycles. The maximum absolute atomic E-state index is 13.5. The van der Waals surface area contributed by atoms with Crippen LogP contribution >= 0.6 is 0 Å². The Morgan fingerprint density at radius 1 is 0.824 bits per heavy atom. The zero-order valence-corrected chi connectivity index (χ0v) is 19.1. The van der Waals surface area contributed by atoms with Gasteiger partial charge in [-0.15, -0.1) is 0 Å². The van der Waals surface area contributed by atoms with E-state index >= 15 is 0 Å². The SMILES string of the molecule is CC(=O)Nc1ccc(C2=C(Nc3ccc(C(C)C)cc3)C(=O)N(c3ccc(F)cc3)C2=O)cc1. The van der Waals surface area contributed by atoms with Crippen molar-refractivity contribution in [1.29, 1.82) is 0 Å². The molecule has 3 amide bonds. The molecule has 7 heteroatoms. The fraction of sp³-hybridized carbons (Fsp3) is 0.148. The van der Waals surface area contributed by atoms with Crippen LogP contribution < -0.4 is 15.5 Å². The average Bonchev–Trinajstić information content (AvgIpc) is 3.04. The molecule has 0 atom stereocenters. The zero-order chi connectivity index (χ0) is 24.4. The zero-order valence-electron chi connectivity index (χ0n) is 19.1. The number of imide groups is 1. The highest BCUT2D eigenvalue weighted by Gasteiger charge is 2.40. The number of hydrogen-bond acceptors (Lipinski definition) is 4. The van der Waals surface area contributed by atoms with Crippen molar-refractivity contribution in [1.82, 2.24) is 0 Å². The lowest BCUT2D eigenvalue weighted by Crippen LogP contribution is -2.32. The summed E-state index contributed by atoms with van der Waals surface area (Å²) in [5.41, 5.74) is 3.48. The molecule has 0 radical (unpaired) electrons. The minimum Gasteiger partial charge on any atom is -0.350 e. The van der Waals surface area contributed by atoms with Crippen LogP contribution in [0.4, 0.5) is 21.5 Å². The first kappa shape index (κ1) is 22.9. The number of carbonyl (C=O) groups is 3. The number of hydrogen-bond donors (Lipinski definition) is 2. The highest BCUT2D eigenvalue weighted by molar-refractivity contribution is 6.46. The number of halogens is 1. The predicted octanol–water partition coefficient (Wildman–Crippen LogP) is 5.30. The molecule has 0 fully saturated rings. The molecule has 2 N–H and O–H groups in total. The summed E-state index contributed by atoms with van der Waals surface area (Å²) in [7, 11) is 0. The first-order valence-corrected chi connectivity index (χ1v) is 10.9. The molecule has 1 heterocycles. The van der Waals surface area contributed by atoms with Crippen molar-refractivity contribution in [3.63, 3.8) is 0 Å².